The second-order valence-corrected chi connectivity index (χ2v) is 5.43. The molecule has 108 valence electrons. The third kappa shape index (κ3) is 3.83. The first kappa shape index (κ1) is 14.1. The molecule has 6 heteroatoms. The smallest absolute Gasteiger partial charge is 0.317 e. The average Bonchev–Trinajstić information content (AvgIpc) is 3.05. The summed E-state index contributed by atoms with van der Waals surface area (Å²) in [6.07, 6.45) is 3.29. The van der Waals surface area contributed by atoms with Crippen molar-refractivity contribution in [1.29, 1.82) is 0 Å². The number of nitrogens with one attached hydrogen (secondary N) is 1. The highest BCUT2D eigenvalue weighted by Gasteiger charge is 2.36. The van der Waals surface area contributed by atoms with Crippen LogP contribution >= 0.6 is 0 Å². The Hall–Kier alpha value is -1.30. The summed E-state index contributed by atoms with van der Waals surface area (Å²) < 4.78 is 5.15. The Morgan fingerprint density at radius 1 is 1.37 bits per heavy atom. The fraction of sp³-hybridized carbons (Fsp3) is 0.846. The molecule has 0 radical (unpaired) electrons. The Morgan fingerprint density at radius 2 is 2.11 bits per heavy atom. The van der Waals surface area contributed by atoms with Gasteiger partial charge in [-0.25, -0.2) is 4.79 Å². The number of ether oxygens (including phenoxy) is 1. The highest BCUT2D eigenvalue weighted by atomic mass is 16.5. The third-order valence-electron chi connectivity index (χ3n) is 3.66. The largest absolute Gasteiger partial charge is 0.481 e. The topological polar surface area (TPSA) is 78.9 Å². The van der Waals surface area contributed by atoms with Gasteiger partial charge in [0, 0.05) is 13.1 Å². The molecular weight excluding hydrogens is 248 g/mol. The molecular formula is C13H22N2O4. The Bertz CT molecular complexity index is 344. The molecule has 1 aliphatic carbocycles. The fourth-order valence-electron chi connectivity index (χ4n) is 2.35. The van der Waals surface area contributed by atoms with Crippen molar-refractivity contribution in [3.05, 3.63) is 0 Å². The van der Waals surface area contributed by atoms with Gasteiger partial charge in [-0.3, -0.25) is 4.79 Å². The van der Waals surface area contributed by atoms with Gasteiger partial charge >= 0.3 is 12.0 Å². The Labute approximate surface area is 113 Å². The van der Waals surface area contributed by atoms with Crippen molar-refractivity contribution < 1.29 is 19.4 Å². The minimum absolute atomic E-state index is 0.157. The summed E-state index contributed by atoms with van der Waals surface area (Å²) >= 11 is 0. The van der Waals surface area contributed by atoms with E-state index >= 15 is 0 Å². The molecule has 6 nitrogen and oxygen atoms in total. The molecule has 0 aromatic carbocycles. The van der Waals surface area contributed by atoms with Crippen LogP contribution in [0.15, 0.2) is 0 Å². The zero-order chi connectivity index (χ0) is 13.8. The van der Waals surface area contributed by atoms with E-state index in [4.69, 9.17) is 9.84 Å². The van der Waals surface area contributed by atoms with Gasteiger partial charge in [-0.05, 0) is 25.2 Å². The molecule has 2 atom stereocenters. The lowest BCUT2D eigenvalue weighted by Gasteiger charge is -2.25. The van der Waals surface area contributed by atoms with Gasteiger partial charge in [0.05, 0.1) is 19.3 Å². The summed E-state index contributed by atoms with van der Waals surface area (Å²) in [5.41, 5.74) is 0. The van der Waals surface area contributed by atoms with Crippen LogP contribution in [-0.2, 0) is 9.53 Å². The number of nitrogens with zero attached hydrogens (tertiary/aromatic N) is 1. The van der Waals surface area contributed by atoms with Gasteiger partial charge in [0.2, 0.25) is 0 Å². The number of carboxylic acids is 1. The van der Waals surface area contributed by atoms with Crippen molar-refractivity contribution in [3.8, 4) is 0 Å². The minimum atomic E-state index is -0.910. The second-order valence-electron chi connectivity index (χ2n) is 5.43. The number of amides is 2. The van der Waals surface area contributed by atoms with Crippen molar-refractivity contribution in [2.45, 2.75) is 32.2 Å². The normalized spacial score (nSPS) is 26.2. The van der Waals surface area contributed by atoms with Gasteiger partial charge in [0.1, 0.15) is 5.92 Å². The van der Waals surface area contributed by atoms with E-state index in [0.29, 0.717) is 12.5 Å². The fourth-order valence-corrected chi connectivity index (χ4v) is 2.35. The molecule has 2 rings (SSSR count). The standard InChI is InChI=1S/C13H22N2O4/c1-2-5-15(6-9-3-4-9)13(18)14-11-8-19-7-10(11)12(16)17/h9-11H,2-8H2,1H3,(H,14,18)(H,16,17). The summed E-state index contributed by atoms with van der Waals surface area (Å²) in [5, 5.41) is 11.9. The monoisotopic (exact) mass is 270 g/mol. The van der Waals surface area contributed by atoms with Gasteiger partial charge in [0.25, 0.3) is 0 Å². The van der Waals surface area contributed by atoms with Crippen LogP contribution in [-0.4, -0.2) is 54.4 Å². The highest BCUT2D eigenvalue weighted by molar-refractivity contribution is 5.77. The number of aliphatic carboxylic acids is 1. The van der Waals surface area contributed by atoms with Crippen LogP contribution in [0.4, 0.5) is 4.79 Å². The summed E-state index contributed by atoms with van der Waals surface area (Å²) in [5.74, 6) is -0.909. The number of carbonyl (C=O) groups is 2. The molecule has 2 aliphatic rings. The number of urea groups is 1. The van der Waals surface area contributed by atoms with Crippen molar-refractivity contribution in [2.75, 3.05) is 26.3 Å². The minimum Gasteiger partial charge on any atom is -0.481 e. The zero-order valence-electron chi connectivity index (χ0n) is 11.3. The maximum Gasteiger partial charge on any atom is 0.317 e. The van der Waals surface area contributed by atoms with Gasteiger partial charge in [0.15, 0.2) is 0 Å². The van der Waals surface area contributed by atoms with Gasteiger partial charge in [-0.15, -0.1) is 0 Å². The zero-order valence-corrected chi connectivity index (χ0v) is 11.3. The molecule has 19 heavy (non-hydrogen) atoms. The predicted molar refractivity (Wildman–Crippen MR) is 68.9 cm³/mol. The first-order chi connectivity index (χ1) is 9.11. The first-order valence-corrected chi connectivity index (χ1v) is 6.97. The molecule has 0 aromatic heterocycles. The number of carbonyl (C=O) groups excluding carboxylic acids is 1. The van der Waals surface area contributed by atoms with Crippen LogP contribution in [0.5, 0.6) is 0 Å². The van der Waals surface area contributed by atoms with E-state index in [-0.39, 0.29) is 19.2 Å². The molecule has 2 amide bonds. The molecule has 1 aliphatic heterocycles. The third-order valence-corrected chi connectivity index (χ3v) is 3.66. The Morgan fingerprint density at radius 3 is 2.68 bits per heavy atom. The van der Waals surface area contributed by atoms with E-state index in [1.807, 2.05) is 6.92 Å². The molecule has 1 saturated carbocycles. The Balaban J connectivity index is 1.87. The molecule has 2 unspecified atom stereocenters. The molecule has 2 fully saturated rings. The van der Waals surface area contributed by atoms with E-state index in [2.05, 4.69) is 5.32 Å². The van der Waals surface area contributed by atoms with E-state index in [0.717, 1.165) is 13.0 Å². The quantitative estimate of drug-likeness (QED) is 0.752. The van der Waals surface area contributed by atoms with Crippen LogP contribution in [0.2, 0.25) is 0 Å². The number of rotatable bonds is 6. The van der Waals surface area contributed by atoms with Crippen LogP contribution in [0.1, 0.15) is 26.2 Å². The summed E-state index contributed by atoms with van der Waals surface area (Å²) in [6, 6.07) is -0.570. The van der Waals surface area contributed by atoms with Crippen LogP contribution in [0, 0.1) is 11.8 Å². The predicted octanol–water partition coefficient (Wildman–Crippen LogP) is 0.918. The van der Waals surface area contributed by atoms with Crippen molar-refractivity contribution >= 4 is 12.0 Å². The highest BCUT2D eigenvalue weighted by Crippen LogP contribution is 2.29. The van der Waals surface area contributed by atoms with Gasteiger partial charge in [-0.1, -0.05) is 6.92 Å². The summed E-state index contributed by atoms with van der Waals surface area (Å²) in [4.78, 5) is 25.0. The second kappa shape index (κ2) is 6.23. The van der Waals surface area contributed by atoms with E-state index in [1.54, 1.807) is 4.90 Å². The number of carboxylic acid groups (broad SMARTS) is 1. The van der Waals surface area contributed by atoms with Crippen LogP contribution in [0.25, 0.3) is 0 Å². The van der Waals surface area contributed by atoms with Gasteiger partial charge in [-0.2, -0.15) is 0 Å². The maximum atomic E-state index is 12.2. The average molecular weight is 270 g/mol. The molecule has 0 aromatic rings. The van der Waals surface area contributed by atoms with E-state index in [1.165, 1.54) is 12.8 Å². The van der Waals surface area contributed by atoms with E-state index < -0.39 is 17.9 Å². The van der Waals surface area contributed by atoms with Gasteiger partial charge < -0.3 is 20.1 Å². The summed E-state index contributed by atoms with van der Waals surface area (Å²) in [6.45, 7) is 3.99. The SMILES string of the molecule is CCCN(CC1CC1)C(=O)NC1COCC1C(=O)O. The number of hydrogen-bond donors (Lipinski definition) is 2. The van der Waals surface area contributed by atoms with Crippen LogP contribution < -0.4 is 5.32 Å². The maximum absolute atomic E-state index is 12.2. The molecule has 1 heterocycles. The van der Waals surface area contributed by atoms with Crippen molar-refractivity contribution in [1.82, 2.24) is 10.2 Å². The van der Waals surface area contributed by atoms with Crippen molar-refractivity contribution in [3.63, 3.8) is 0 Å². The number of hydrogen-bond acceptors (Lipinski definition) is 3. The lowest BCUT2D eigenvalue weighted by molar-refractivity contribution is -0.142. The molecule has 1 saturated heterocycles. The molecule has 2 N–H and O–H groups in total. The molecule has 0 bridgehead atoms. The lowest BCUT2D eigenvalue weighted by Crippen LogP contribution is -2.49. The molecule has 0 spiro atoms. The van der Waals surface area contributed by atoms with E-state index in [9.17, 15) is 9.59 Å². The van der Waals surface area contributed by atoms with Crippen molar-refractivity contribution in [2.24, 2.45) is 11.8 Å². The van der Waals surface area contributed by atoms with Crippen LogP contribution in [0.3, 0.4) is 0 Å². The Kier molecular flexibility index (Phi) is 4.63. The lowest BCUT2D eigenvalue weighted by atomic mass is 10.0. The first-order valence-electron chi connectivity index (χ1n) is 6.97. The summed E-state index contributed by atoms with van der Waals surface area (Å²) in [7, 11) is 0.